The fraction of sp³-hybridized carbons (Fsp3) is 0.611. The number of benzene rings is 1. The van der Waals surface area contributed by atoms with Crippen LogP contribution in [0.5, 0.6) is 5.75 Å². The molecule has 0 spiro atoms. The molecule has 2 aliphatic rings. The van der Waals surface area contributed by atoms with Crippen molar-refractivity contribution in [3.05, 3.63) is 35.7 Å². The van der Waals surface area contributed by atoms with E-state index in [0.717, 1.165) is 24.5 Å². The summed E-state index contributed by atoms with van der Waals surface area (Å²) in [5.41, 5.74) is 1.16. The molecule has 6 heteroatoms. The van der Waals surface area contributed by atoms with Gasteiger partial charge in [-0.2, -0.15) is 0 Å². The normalized spacial score (nSPS) is 21.2. The van der Waals surface area contributed by atoms with E-state index in [9.17, 15) is 5.11 Å². The number of rotatable bonds is 4. The van der Waals surface area contributed by atoms with Crippen molar-refractivity contribution in [1.29, 1.82) is 0 Å². The molecular weight excluding hydrogens is 302 g/mol. The van der Waals surface area contributed by atoms with Gasteiger partial charge in [0.05, 0.1) is 12.1 Å². The van der Waals surface area contributed by atoms with Gasteiger partial charge in [0.1, 0.15) is 5.75 Å². The third-order valence-electron chi connectivity index (χ3n) is 5.40. The largest absolute Gasteiger partial charge is 0.508 e. The van der Waals surface area contributed by atoms with Gasteiger partial charge in [-0.25, -0.2) is 4.68 Å². The zero-order valence-corrected chi connectivity index (χ0v) is 14.0. The number of phenols is 1. The Morgan fingerprint density at radius 1 is 0.958 bits per heavy atom. The van der Waals surface area contributed by atoms with Crippen LogP contribution in [0.1, 0.15) is 68.4 Å². The molecule has 4 rings (SSSR count). The molecule has 6 nitrogen and oxygen atoms in total. The summed E-state index contributed by atoms with van der Waals surface area (Å²) in [4.78, 5) is 2.49. The van der Waals surface area contributed by atoms with E-state index >= 15 is 0 Å². The van der Waals surface area contributed by atoms with Gasteiger partial charge in [0.25, 0.3) is 0 Å². The van der Waals surface area contributed by atoms with Crippen molar-refractivity contribution < 1.29 is 5.11 Å². The molecule has 0 amide bonds. The highest BCUT2D eigenvalue weighted by molar-refractivity contribution is 5.31. The molecule has 1 aliphatic carbocycles. The molecule has 1 N–H and O–H groups in total. The van der Waals surface area contributed by atoms with Crippen molar-refractivity contribution in [2.75, 3.05) is 13.1 Å². The average Bonchev–Trinajstić information content (AvgIpc) is 3.29. The Hall–Kier alpha value is -1.95. The van der Waals surface area contributed by atoms with Gasteiger partial charge in [-0.3, -0.25) is 4.90 Å². The van der Waals surface area contributed by atoms with E-state index in [4.69, 9.17) is 0 Å². The molecule has 2 fully saturated rings. The van der Waals surface area contributed by atoms with Crippen molar-refractivity contribution in [3.8, 4) is 5.75 Å². The minimum atomic E-state index is 0.0708. The summed E-state index contributed by atoms with van der Waals surface area (Å²) in [6, 6.07) is 8.03. The first-order chi connectivity index (χ1) is 11.8. The highest BCUT2D eigenvalue weighted by Gasteiger charge is 2.31. The molecule has 1 aromatic heterocycles. The quantitative estimate of drug-likeness (QED) is 0.935. The van der Waals surface area contributed by atoms with E-state index < -0.39 is 0 Å². The first-order valence-electron chi connectivity index (χ1n) is 9.13. The van der Waals surface area contributed by atoms with Crippen molar-refractivity contribution >= 4 is 0 Å². The molecule has 1 aromatic carbocycles. The lowest BCUT2D eigenvalue weighted by Gasteiger charge is -2.34. The zero-order chi connectivity index (χ0) is 16.4. The molecule has 2 heterocycles. The molecule has 0 radical (unpaired) electrons. The number of nitrogens with zero attached hydrogens (tertiary/aromatic N) is 5. The number of piperidine rings is 1. The van der Waals surface area contributed by atoms with Crippen molar-refractivity contribution in [1.82, 2.24) is 25.1 Å². The molecule has 1 saturated carbocycles. The van der Waals surface area contributed by atoms with E-state index in [1.54, 1.807) is 12.1 Å². The predicted octanol–water partition coefficient (Wildman–Crippen LogP) is 3.07. The first kappa shape index (κ1) is 15.6. The van der Waals surface area contributed by atoms with Crippen LogP contribution in [0, 0.1) is 0 Å². The highest BCUT2D eigenvalue weighted by Crippen LogP contribution is 2.35. The Balaban J connectivity index is 1.72. The monoisotopic (exact) mass is 327 g/mol. The van der Waals surface area contributed by atoms with Crippen molar-refractivity contribution in [3.63, 3.8) is 0 Å². The summed E-state index contributed by atoms with van der Waals surface area (Å²) in [6.45, 7) is 2.14. The highest BCUT2D eigenvalue weighted by atomic mass is 16.3. The van der Waals surface area contributed by atoms with Crippen LogP contribution in [0.25, 0.3) is 0 Å². The number of aromatic hydroxyl groups is 1. The van der Waals surface area contributed by atoms with Gasteiger partial charge in [0, 0.05) is 0 Å². The molecule has 2 aromatic rings. The number of tetrazole rings is 1. The Bertz CT molecular complexity index is 656. The predicted molar refractivity (Wildman–Crippen MR) is 90.7 cm³/mol. The smallest absolute Gasteiger partial charge is 0.173 e. The Kier molecular flexibility index (Phi) is 4.47. The van der Waals surface area contributed by atoms with Gasteiger partial charge in [-0.15, -0.1) is 5.10 Å². The average molecular weight is 327 g/mol. The summed E-state index contributed by atoms with van der Waals surface area (Å²) in [5.74, 6) is 1.25. The molecule has 0 bridgehead atoms. The lowest BCUT2D eigenvalue weighted by atomic mass is 10.0. The van der Waals surface area contributed by atoms with Gasteiger partial charge < -0.3 is 5.11 Å². The minimum absolute atomic E-state index is 0.0708. The molecule has 24 heavy (non-hydrogen) atoms. The zero-order valence-electron chi connectivity index (χ0n) is 14.0. The fourth-order valence-electron chi connectivity index (χ4n) is 4.15. The first-order valence-corrected chi connectivity index (χ1v) is 9.13. The lowest BCUT2D eigenvalue weighted by molar-refractivity contribution is 0.175. The van der Waals surface area contributed by atoms with Crippen LogP contribution in [-0.4, -0.2) is 43.3 Å². The van der Waals surface area contributed by atoms with Gasteiger partial charge >= 0.3 is 0 Å². The standard InChI is InChI=1S/C18H25N5O/c24-16-10-8-14(9-11-16)17(22-12-4-1-5-13-22)18-19-20-21-23(18)15-6-2-3-7-15/h8-11,15,17,24H,1-7,12-13H2/t17-/m1/s1. The van der Waals surface area contributed by atoms with Crippen LogP contribution in [0.15, 0.2) is 24.3 Å². The number of aromatic nitrogens is 4. The number of likely N-dealkylation sites (tertiary alicyclic amines) is 1. The van der Waals surface area contributed by atoms with E-state index in [0.29, 0.717) is 11.8 Å². The Morgan fingerprint density at radius 3 is 2.38 bits per heavy atom. The van der Waals surface area contributed by atoms with Gasteiger partial charge in [-0.1, -0.05) is 31.4 Å². The summed E-state index contributed by atoms with van der Waals surface area (Å²) in [6.07, 6.45) is 8.60. The maximum Gasteiger partial charge on any atom is 0.173 e. The lowest BCUT2D eigenvalue weighted by Crippen LogP contribution is -2.36. The SMILES string of the molecule is Oc1ccc([C@H](c2nnnn2C2CCCC2)N2CCCCC2)cc1. The molecule has 1 aliphatic heterocycles. The molecule has 1 atom stereocenters. The van der Waals surface area contributed by atoms with Crippen LogP contribution in [-0.2, 0) is 0 Å². The second-order valence-electron chi connectivity index (χ2n) is 7.01. The maximum atomic E-state index is 9.65. The third-order valence-corrected chi connectivity index (χ3v) is 5.40. The second-order valence-corrected chi connectivity index (χ2v) is 7.01. The summed E-state index contributed by atoms with van der Waals surface area (Å²) >= 11 is 0. The molecule has 0 unspecified atom stereocenters. The topological polar surface area (TPSA) is 67.1 Å². The second kappa shape index (κ2) is 6.89. The molecule has 1 saturated heterocycles. The Morgan fingerprint density at radius 2 is 1.67 bits per heavy atom. The van der Waals surface area contributed by atoms with Crippen molar-refractivity contribution in [2.45, 2.75) is 57.0 Å². The van der Waals surface area contributed by atoms with Crippen LogP contribution >= 0.6 is 0 Å². The summed E-state index contributed by atoms with van der Waals surface area (Å²) in [5, 5.41) is 22.4. The van der Waals surface area contributed by atoms with E-state index in [1.165, 1.54) is 44.9 Å². The van der Waals surface area contributed by atoms with Crippen LogP contribution in [0.4, 0.5) is 0 Å². The van der Waals surface area contributed by atoms with E-state index in [2.05, 4.69) is 25.1 Å². The number of hydrogen-bond acceptors (Lipinski definition) is 5. The fourth-order valence-corrected chi connectivity index (χ4v) is 4.15. The van der Waals surface area contributed by atoms with Gasteiger partial charge in [0.2, 0.25) is 0 Å². The number of phenolic OH excluding ortho intramolecular Hbond substituents is 1. The minimum Gasteiger partial charge on any atom is -0.508 e. The summed E-state index contributed by atoms with van der Waals surface area (Å²) in [7, 11) is 0. The molecular formula is C18H25N5O. The van der Waals surface area contributed by atoms with Crippen molar-refractivity contribution in [2.24, 2.45) is 0 Å². The Labute approximate surface area is 142 Å². The summed E-state index contributed by atoms with van der Waals surface area (Å²) < 4.78 is 2.07. The van der Waals surface area contributed by atoms with Gasteiger partial charge in [0.15, 0.2) is 5.82 Å². The van der Waals surface area contributed by atoms with E-state index in [-0.39, 0.29) is 6.04 Å². The maximum absolute atomic E-state index is 9.65. The van der Waals surface area contributed by atoms with Crippen LogP contribution in [0.2, 0.25) is 0 Å². The van der Waals surface area contributed by atoms with E-state index in [1.807, 2.05) is 12.1 Å². The third kappa shape index (κ3) is 3.02. The molecule has 128 valence electrons. The van der Waals surface area contributed by atoms with Crippen LogP contribution < -0.4 is 0 Å². The number of hydrogen-bond donors (Lipinski definition) is 1. The van der Waals surface area contributed by atoms with Gasteiger partial charge in [-0.05, 0) is 66.9 Å². The van der Waals surface area contributed by atoms with Crippen LogP contribution in [0.3, 0.4) is 0 Å².